The summed E-state index contributed by atoms with van der Waals surface area (Å²) in [6.45, 7) is 7.77. The lowest BCUT2D eigenvalue weighted by Gasteiger charge is -2.28. The van der Waals surface area contributed by atoms with Crippen LogP contribution in [0.2, 0.25) is 0 Å². The topological polar surface area (TPSA) is 79.8 Å². The molecule has 0 unspecified atom stereocenters. The Labute approximate surface area is 179 Å². The SMILES string of the molecule is COc1cccc([C@@H](C)NC[C@H](O)[C@H](Cc2ccccc2)NC(=O)OC(C)(C)C)c1. The van der Waals surface area contributed by atoms with E-state index < -0.39 is 23.8 Å². The first-order chi connectivity index (χ1) is 14.2. The van der Waals surface area contributed by atoms with Gasteiger partial charge in [0.1, 0.15) is 11.4 Å². The van der Waals surface area contributed by atoms with Crippen molar-refractivity contribution in [2.75, 3.05) is 13.7 Å². The normalized spacial score (nSPS) is 14.5. The Morgan fingerprint density at radius 1 is 1.10 bits per heavy atom. The molecule has 0 aliphatic carbocycles. The summed E-state index contributed by atoms with van der Waals surface area (Å²) in [5.41, 5.74) is 1.48. The number of nitrogens with one attached hydrogen (secondary N) is 2. The summed E-state index contributed by atoms with van der Waals surface area (Å²) in [4.78, 5) is 12.3. The van der Waals surface area contributed by atoms with Gasteiger partial charge in [0, 0.05) is 12.6 Å². The van der Waals surface area contributed by atoms with Crippen molar-refractivity contribution < 1.29 is 19.4 Å². The average molecular weight is 415 g/mol. The van der Waals surface area contributed by atoms with Crippen molar-refractivity contribution in [3.05, 3.63) is 65.7 Å². The molecular weight excluding hydrogens is 380 g/mol. The first-order valence-corrected chi connectivity index (χ1v) is 10.3. The minimum atomic E-state index is -0.800. The third-order valence-electron chi connectivity index (χ3n) is 4.69. The Bertz CT molecular complexity index is 789. The number of ether oxygens (including phenoxy) is 2. The van der Waals surface area contributed by atoms with Gasteiger partial charge in [0.25, 0.3) is 0 Å². The van der Waals surface area contributed by atoms with Gasteiger partial charge in [-0.3, -0.25) is 0 Å². The number of amides is 1. The molecule has 2 rings (SSSR count). The Kier molecular flexibility index (Phi) is 8.69. The van der Waals surface area contributed by atoms with Crippen LogP contribution in [0.3, 0.4) is 0 Å². The average Bonchev–Trinajstić information content (AvgIpc) is 2.70. The van der Waals surface area contributed by atoms with Crippen LogP contribution in [0.5, 0.6) is 5.75 Å². The fraction of sp³-hybridized carbons (Fsp3) is 0.458. The Balaban J connectivity index is 2.03. The molecule has 0 radical (unpaired) electrons. The smallest absolute Gasteiger partial charge is 0.407 e. The van der Waals surface area contributed by atoms with E-state index in [1.54, 1.807) is 7.11 Å². The lowest BCUT2D eigenvalue weighted by molar-refractivity contribution is 0.0420. The summed E-state index contributed by atoms with van der Waals surface area (Å²) >= 11 is 0. The van der Waals surface area contributed by atoms with Crippen LogP contribution in [0.25, 0.3) is 0 Å². The first-order valence-electron chi connectivity index (χ1n) is 10.3. The summed E-state index contributed by atoms with van der Waals surface area (Å²) < 4.78 is 10.7. The predicted octanol–water partition coefficient (Wildman–Crippen LogP) is 3.84. The van der Waals surface area contributed by atoms with E-state index in [-0.39, 0.29) is 6.04 Å². The van der Waals surface area contributed by atoms with Crippen LogP contribution in [-0.4, -0.2) is 42.6 Å². The zero-order chi connectivity index (χ0) is 22.1. The monoisotopic (exact) mass is 414 g/mol. The minimum Gasteiger partial charge on any atom is -0.497 e. The highest BCUT2D eigenvalue weighted by Gasteiger charge is 2.25. The van der Waals surface area contributed by atoms with E-state index >= 15 is 0 Å². The molecule has 0 bridgehead atoms. The number of hydrogen-bond donors (Lipinski definition) is 3. The molecule has 0 heterocycles. The molecule has 0 aliphatic rings. The van der Waals surface area contributed by atoms with Crippen LogP contribution in [0.1, 0.15) is 44.9 Å². The predicted molar refractivity (Wildman–Crippen MR) is 119 cm³/mol. The highest BCUT2D eigenvalue weighted by molar-refractivity contribution is 5.68. The molecule has 2 aromatic rings. The number of carbonyl (C=O) groups excluding carboxylic acids is 1. The summed E-state index contributed by atoms with van der Waals surface area (Å²) in [7, 11) is 1.64. The molecule has 30 heavy (non-hydrogen) atoms. The van der Waals surface area contributed by atoms with E-state index in [0.717, 1.165) is 16.9 Å². The highest BCUT2D eigenvalue weighted by Crippen LogP contribution is 2.19. The van der Waals surface area contributed by atoms with Crippen LogP contribution in [0.15, 0.2) is 54.6 Å². The molecule has 0 aliphatic heterocycles. The summed E-state index contributed by atoms with van der Waals surface area (Å²) in [5, 5.41) is 17.0. The zero-order valence-electron chi connectivity index (χ0n) is 18.5. The number of aliphatic hydroxyl groups excluding tert-OH is 1. The molecule has 6 heteroatoms. The molecule has 0 spiro atoms. The molecule has 1 amide bonds. The van der Waals surface area contributed by atoms with Gasteiger partial charge in [0.15, 0.2) is 0 Å². The maximum atomic E-state index is 12.3. The van der Waals surface area contributed by atoms with E-state index in [1.165, 1.54) is 0 Å². The van der Waals surface area contributed by atoms with Crippen LogP contribution >= 0.6 is 0 Å². The fourth-order valence-corrected chi connectivity index (χ4v) is 3.08. The zero-order valence-corrected chi connectivity index (χ0v) is 18.5. The van der Waals surface area contributed by atoms with E-state index in [1.807, 2.05) is 82.3 Å². The third-order valence-corrected chi connectivity index (χ3v) is 4.69. The molecule has 0 fully saturated rings. The number of benzene rings is 2. The molecule has 6 nitrogen and oxygen atoms in total. The van der Waals surface area contributed by atoms with Crippen molar-refractivity contribution in [1.29, 1.82) is 0 Å². The molecule has 3 N–H and O–H groups in total. The maximum Gasteiger partial charge on any atom is 0.407 e. The lowest BCUT2D eigenvalue weighted by atomic mass is 10.0. The van der Waals surface area contributed by atoms with E-state index in [9.17, 15) is 9.90 Å². The van der Waals surface area contributed by atoms with Crippen LogP contribution in [0.4, 0.5) is 4.79 Å². The number of carbonyl (C=O) groups is 1. The van der Waals surface area contributed by atoms with E-state index in [4.69, 9.17) is 9.47 Å². The molecule has 0 saturated heterocycles. The molecular formula is C24H34N2O4. The number of methoxy groups -OCH3 is 1. The van der Waals surface area contributed by atoms with E-state index in [0.29, 0.717) is 13.0 Å². The molecule has 164 valence electrons. The number of alkyl carbamates (subject to hydrolysis) is 1. The van der Waals surface area contributed by atoms with Crippen LogP contribution in [-0.2, 0) is 11.2 Å². The second-order valence-electron chi connectivity index (χ2n) is 8.42. The largest absolute Gasteiger partial charge is 0.497 e. The Morgan fingerprint density at radius 2 is 1.80 bits per heavy atom. The molecule has 0 aromatic heterocycles. The van der Waals surface area contributed by atoms with Crippen molar-refractivity contribution in [2.45, 2.75) is 57.9 Å². The lowest BCUT2D eigenvalue weighted by Crippen LogP contribution is -2.50. The van der Waals surface area contributed by atoms with Gasteiger partial charge in [-0.1, -0.05) is 42.5 Å². The maximum absolute atomic E-state index is 12.3. The van der Waals surface area contributed by atoms with E-state index in [2.05, 4.69) is 10.6 Å². The van der Waals surface area contributed by atoms with Gasteiger partial charge in [-0.05, 0) is 57.4 Å². The van der Waals surface area contributed by atoms with Gasteiger partial charge in [-0.15, -0.1) is 0 Å². The quantitative estimate of drug-likeness (QED) is 0.581. The van der Waals surface area contributed by atoms with Crippen LogP contribution in [0, 0.1) is 0 Å². The van der Waals surface area contributed by atoms with Crippen LogP contribution < -0.4 is 15.4 Å². The number of rotatable bonds is 9. The second-order valence-corrected chi connectivity index (χ2v) is 8.42. The van der Waals surface area contributed by atoms with Gasteiger partial charge in [0.05, 0.1) is 19.3 Å². The Hall–Kier alpha value is -2.57. The summed E-state index contributed by atoms with van der Waals surface area (Å²) in [6.07, 6.45) is -0.842. The van der Waals surface area contributed by atoms with Gasteiger partial charge in [-0.2, -0.15) is 0 Å². The second kappa shape index (κ2) is 11.0. The first kappa shape index (κ1) is 23.7. The van der Waals surface area contributed by atoms with Crippen molar-refractivity contribution in [3.63, 3.8) is 0 Å². The van der Waals surface area contributed by atoms with Gasteiger partial charge >= 0.3 is 6.09 Å². The molecule has 0 saturated carbocycles. The molecule has 2 aromatic carbocycles. The van der Waals surface area contributed by atoms with Crippen molar-refractivity contribution in [2.24, 2.45) is 0 Å². The standard InChI is InChI=1S/C24H34N2O4/c1-17(19-12-9-13-20(15-19)29-5)25-16-22(27)21(14-18-10-7-6-8-11-18)26-23(28)30-24(2,3)4/h6-13,15,17,21-22,25,27H,14,16H2,1-5H3,(H,26,28)/t17-,21+,22+/m1/s1. The minimum absolute atomic E-state index is 0.00801. The van der Waals surface area contributed by atoms with Crippen molar-refractivity contribution in [1.82, 2.24) is 10.6 Å². The number of aliphatic hydroxyl groups is 1. The third kappa shape index (κ3) is 8.05. The summed E-state index contributed by atoms with van der Waals surface area (Å²) in [6, 6.07) is 17.1. The van der Waals surface area contributed by atoms with Crippen molar-refractivity contribution in [3.8, 4) is 5.75 Å². The Morgan fingerprint density at radius 3 is 2.43 bits per heavy atom. The van der Waals surface area contributed by atoms with Gasteiger partial charge < -0.3 is 25.2 Å². The fourth-order valence-electron chi connectivity index (χ4n) is 3.08. The van der Waals surface area contributed by atoms with Gasteiger partial charge in [-0.25, -0.2) is 4.79 Å². The van der Waals surface area contributed by atoms with Crippen molar-refractivity contribution >= 4 is 6.09 Å². The van der Waals surface area contributed by atoms with Gasteiger partial charge in [0.2, 0.25) is 0 Å². The summed E-state index contributed by atoms with van der Waals surface area (Å²) in [5.74, 6) is 0.787. The number of hydrogen-bond acceptors (Lipinski definition) is 5. The molecule has 3 atom stereocenters. The highest BCUT2D eigenvalue weighted by atomic mass is 16.6.